The van der Waals surface area contributed by atoms with Gasteiger partial charge in [-0.1, -0.05) is 48.5 Å². The molecule has 0 spiro atoms. The van der Waals surface area contributed by atoms with Crippen molar-refractivity contribution in [2.24, 2.45) is 0 Å². The molecule has 4 heteroatoms. The highest BCUT2D eigenvalue weighted by Crippen LogP contribution is 2.32. The van der Waals surface area contributed by atoms with Crippen LogP contribution in [-0.4, -0.2) is 19.1 Å². The van der Waals surface area contributed by atoms with Crippen LogP contribution in [0.25, 0.3) is 10.8 Å². The van der Waals surface area contributed by atoms with Crippen LogP contribution in [-0.2, 0) is 11.2 Å². The van der Waals surface area contributed by atoms with Crippen LogP contribution in [0, 0.1) is 0 Å². The summed E-state index contributed by atoms with van der Waals surface area (Å²) in [6, 6.07) is 20.3. The lowest BCUT2D eigenvalue weighted by Crippen LogP contribution is -2.27. The summed E-state index contributed by atoms with van der Waals surface area (Å²) in [4.78, 5) is 12.5. The minimum atomic E-state index is -0.0826. The maximum atomic E-state index is 12.5. The number of amides is 1. The first-order valence-electron chi connectivity index (χ1n) is 9.36. The van der Waals surface area contributed by atoms with Crippen molar-refractivity contribution in [3.8, 4) is 11.5 Å². The lowest BCUT2D eigenvalue weighted by atomic mass is 10.0. The molecular formula is C23H23NO3. The van der Waals surface area contributed by atoms with Crippen LogP contribution in [0.4, 0.5) is 0 Å². The lowest BCUT2D eigenvalue weighted by Gasteiger charge is -2.21. The van der Waals surface area contributed by atoms with E-state index in [1.165, 1.54) is 16.3 Å². The molecule has 0 aromatic heterocycles. The van der Waals surface area contributed by atoms with Crippen LogP contribution >= 0.6 is 0 Å². The van der Waals surface area contributed by atoms with Crippen LogP contribution in [0.15, 0.2) is 60.7 Å². The van der Waals surface area contributed by atoms with Gasteiger partial charge in [0.1, 0.15) is 13.2 Å². The molecule has 1 aliphatic rings. The highest BCUT2D eigenvalue weighted by Gasteiger charge is 2.16. The number of nitrogens with one attached hydrogen (secondary N) is 1. The molecule has 1 heterocycles. The van der Waals surface area contributed by atoms with Crippen LogP contribution in [0.5, 0.6) is 11.5 Å². The lowest BCUT2D eigenvalue weighted by molar-refractivity contribution is -0.121. The second-order valence-electron chi connectivity index (χ2n) is 6.83. The third-order valence-electron chi connectivity index (χ3n) is 4.95. The van der Waals surface area contributed by atoms with Crippen molar-refractivity contribution in [3.63, 3.8) is 0 Å². The molecule has 1 aliphatic heterocycles. The van der Waals surface area contributed by atoms with Crippen LogP contribution in [0.3, 0.4) is 0 Å². The molecule has 1 amide bonds. The molecule has 4 nitrogen and oxygen atoms in total. The molecular weight excluding hydrogens is 338 g/mol. The third kappa shape index (κ3) is 3.90. The van der Waals surface area contributed by atoms with E-state index < -0.39 is 0 Å². The quantitative estimate of drug-likeness (QED) is 0.732. The smallest absolute Gasteiger partial charge is 0.220 e. The molecule has 3 aromatic carbocycles. The second kappa shape index (κ2) is 7.70. The zero-order chi connectivity index (χ0) is 18.6. The Labute approximate surface area is 159 Å². The first kappa shape index (κ1) is 17.4. The molecule has 0 fully saturated rings. The molecule has 1 N–H and O–H groups in total. The highest BCUT2D eigenvalue weighted by atomic mass is 16.6. The summed E-state index contributed by atoms with van der Waals surface area (Å²) in [5.41, 5.74) is 2.22. The number of carbonyl (C=O) groups is 1. The van der Waals surface area contributed by atoms with Gasteiger partial charge in [0.15, 0.2) is 11.5 Å². The predicted molar refractivity (Wildman–Crippen MR) is 106 cm³/mol. The fraction of sp³-hybridized carbons (Fsp3) is 0.261. The van der Waals surface area contributed by atoms with Crippen molar-refractivity contribution < 1.29 is 14.3 Å². The highest BCUT2D eigenvalue weighted by molar-refractivity contribution is 5.86. The van der Waals surface area contributed by atoms with Crippen molar-refractivity contribution >= 4 is 16.7 Å². The molecule has 0 unspecified atom stereocenters. The van der Waals surface area contributed by atoms with Crippen LogP contribution in [0.1, 0.15) is 30.5 Å². The van der Waals surface area contributed by atoms with E-state index in [0.29, 0.717) is 19.6 Å². The normalized spacial score (nSPS) is 14.0. The topological polar surface area (TPSA) is 47.6 Å². The Bertz CT molecular complexity index is 961. The fourth-order valence-corrected chi connectivity index (χ4v) is 3.48. The Morgan fingerprint density at radius 1 is 1.00 bits per heavy atom. The van der Waals surface area contributed by atoms with Crippen molar-refractivity contribution in [3.05, 3.63) is 71.8 Å². The molecule has 0 bridgehead atoms. The van der Waals surface area contributed by atoms with Gasteiger partial charge in [0.25, 0.3) is 0 Å². The SMILES string of the molecule is C[C@H](NC(=O)CCc1cccc2ccccc12)c1ccc2c(c1)OCCO2. The number of hydrogen-bond acceptors (Lipinski definition) is 3. The van der Waals surface area contributed by atoms with Gasteiger partial charge in [-0.2, -0.15) is 0 Å². The number of rotatable bonds is 5. The molecule has 0 saturated carbocycles. The third-order valence-corrected chi connectivity index (χ3v) is 4.95. The van der Waals surface area contributed by atoms with E-state index in [9.17, 15) is 4.79 Å². The van der Waals surface area contributed by atoms with Crippen LogP contribution < -0.4 is 14.8 Å². The Morgan fingerprint density at radius 2 is 1.78 bits per heavy atom. The first-order chi connectivity index (χ1) is 13.2. The monoisotopic (exact) mass is 361 g/mol. The van der Waals surface area contributed by atoms with Crippen molar-refractivity contribution in [2.75, 3.05) is 13.2 Å². The van der Waals surface area contributed by atoms with Crippen LogP contribution in [0.2, 0.25) is 0 Å². The number of benzene rings is 3. The average molecular weight is 361 g/mol. The molecule has 0 saturated heterocycles. The van der Waals surface area contributed by atoms with Gasteiger partial charge in [-0.25, -0.2) is 0 Å². The number of hydrogen-bond donors (Lipinski definition) is 1. The summed E-state index contributed by atoms with van der Waals surface area (Å²) in [7, 11) is 0. The summed E-state index contributed by atoms with van der Waals surface area (Å²) in [5, 5.41) is 5.51. The summed E-state index contributed by atoms with van der Waals surface area (Å²) in [5.74, 6) is 1.56. The van der Waals surface area contributed by atoms with Gasteiger partial charge in [0, 0.05) is 6.42 Å². The Balaban J connectivity index is 1.39. The summed E-state index contributed by atoms with van der Waals surface area (Å²) in [6.45, 7) is 3.12. The Morgan fingerprint density at radius 3 is 2.67 bits per heavy atom. The van der Waals surface area contributed by atoms with Gasteiger partial charge in [0.05, 0.1) is 6.04 Å². The summed E-state index contributed by atoms with van der Waals surface area (Å²) < 4.78 is 11.2. The van der Waals surface area contributed by atoms with E-state index in [-0.39, 0.29) is 11.9 Å². The average Bonchev–Trinajstić information content (AvgIpc) is 2.71. The Hall–Kier alpha value is -3.01. The van der Waals surface area contributed by atoms with Gasteiger partial charge in [0.2, 0.25) is 5.91 Å². The number of ether oxygens (including phenoxy) is 2. The van der Waals surface area contributed by atoms with Gasteiger partial charge >= 0.3 is 0 Å². The molecule has 0 radical (unpaired) electrons. The minimum absolute atomic E-state index is 0.0466. The largest absolute Gasteiger partial charge is 0.486 e. The van der Waals surface area contributed by atoms with E-state index in [0.717, 1.165) is 23.5 Å². The van der Waals surface area contributed by atoms with Crippen molar-refractivity contribution in [1.29, 1.82) is 0 Å². The molecule has 138 valence electrons. The minimum Gasteiger partial charge on any atom is -0.486 e. The maximum absolute atomic E-state index is 12.5. The van der Waals surface area contributed by atoms with E-state index in [1.807, 2.05) is 43.3 Å². The maximum Gasteiger partial charge on any atom is 0.220 e. The van der Waals surface area contributed by atoms with Crippen molar-refractivity contribution in [2.45, 2.75) is 25.8 Å². The number of carbonyl (C=O) groups excluding carboxylic acids is 1. The van der Waals surface area contributed by atoms with E-state index >= 15 is 0 Å². The summed E-state index contributed by atoms with van der Waals surface area (Å²) in [6.07, 6.45) is 1.18. The molecule has 0 aliphatic carbocycles. The molecule has 1 atom stereocenters. The fourth-order valence-electron chi connectivity index (χ4n) is 3.48. The zero-order valence-electron chi connectivity index (χ0n) is 15.4. The first-order valence-corrected chi connectivity index (χ1v) is 9.36. The van der Waals surface area contributed by atoms with E-state index in [2.05, 4.69) is 29.6 Å². The molecule has 3 aromatic rings. The van der Waals surface area contributed by atoms with E-state index in [1.54, 1.807) is 0 Å². The van der Waals surface area contributed by atoms with Crippen molar-refractivity contribution in [1.82, 2.24) is 5.32 Å². The van der Waals surface area contributed by atoms with E-state index in [4.69, 9.17) is 9.47 Å². The predicted octanol–water partition coefficient (Wildman–Crippen LogP) is 4.42. The van der Waals surface area contributed by atoms with Gasteiger partial charge in [-0.05, 0) is 47.4 Å². The Kier molecular flexibility index (Phi) is 4.97. The van der Waals surface area contributed by atoms with Gasteiger partial charge in [-0.15, -0.1) is 0 Å². The number of fused-ring (bicyclic) bond motifs is 2. The standard InChI is InChI=1S/C23H23NO3/c1-16(19-9-11-21-22(15-19)27-14-13-26-21)24-23(25)12-10-18-7-4-6-17-5-2-3-8-20(17)18/h2-9,11,15-16H,10,12-14H2,1H3,(H,24,25)/t16-/m0/s1. The molecule has 4 rings (SSSR count). The molecule has 27 heavy (non-hydrogen) atoms. The van der Waals surface area contributed by atoms with Gasteiger partial charge < -0.3 is 14.8 Å². The second-order valence-corrected chi connectivity index (χ2v) is 6.83. The zero-order valence-corrected chi connectivity index (χ0v) is 15.4. The van der Waals surface area contributed by atoms with Gasteiger partial charge in [-0.3, -0.25) is 4.79 Å². The summed E-state index contributed by atoms with van der Waals surface area (Å²) >= 11 is 0. The number of aryl methyl sites for hydroxylation is 1.